The Kier molecular flexibility index (Phi) is 5.70. The molecule has 0 saturated carbocycles. The minimum absolute atomic E-state index is 0.0399. The molecule has 152 valence electrons. The molecule has 0 bridgehead atoms. The van der Waals surface area contributed by atoms with Gasteiger partial charge in [0.25, 0.3) is 0 Å². The summed E-state index contributed by atoms with van der Waals surface area (Å²) in [7, 11) is 0. The number of hydrogen-bond acceptors (Lipinski definition) is 2. The molecular formula is C23H20ClFN4S. The highest BCUT2D eigenvalue weighted by Crippen LogP contribution is 2.24. The molecule has 1 heterocycles. The summed E-state index contributed by atoms with van der Waals surface area (Å²) in [5, 5.41) is 13.8. The molecule has 0 radical (unpaired) electrons. The van der Waals surface area contributed by atoms with Gasteiger partial charge in [0, 0.05) is 5.69 Å². The Morgan fingerprint density at radius 1 is 1.07 bits per heavy atom. The molecule has 0 saturated heterocycles. The van der Waals surface area contributed by atoms with Gasteiger partial charge in [0.15, 0.2) is 5.11 Å². The zero-order valence-corrected chi connectivity index (χ0v) is 18.1. The van der Waals surface area contributed by atoms with Crippen molar-refractivity contribution in [3.8, 4) is 0 Å². The zero-order valence-electron chi connectivity index (χ0n) is 16.5. The highest BCUT2D eigenvalue weighted by molar-refractivity contribution is 7.80. The highest BCUT2D eigenvalue weighted by atomic mass is 35.5. The van der Waals surface area contributed by atoms with Crippen LogP contribution in [0.1, 0.15) is 17.0 Å². The molecule has 1 aromatic heterocycles. The smallest absolute Gasteiger partial charge is 0.175 e. The van der Waals surface area contributed by atoms with Crippen molar-refractivity contribution in [3.63, 3.8) is 0 Å². The standard InChI is InChI=1S/C23H20ClFN4S/c1-14-22(27-23(30)26-18-10-11-21(25)20(24)12-18)15(2)29(28-14)13-17-8-5-7-16-6-3-4-9-19(16)17/h3-12H,13H2,1-2H3,(H2,26,27,30). The first-order valence-electron chi connectivity index (χ1n) is 9.46. The summed E-state index contributed by atoms with van der Waals surface area (Å²) in [4.78, 5) is 0. The van der Waals surface area contributed by atoms with Crippen LogP contribution in [0.4, 0.5) is 15.8 Å². The van der Waals surface area contributed by atoms with Crippen molar-refractivity contribution in [2.24, 2.45) is 0 Å². The van der Waals surface area contributed by atoms with E-state index in [1.807, 2.05) is 30.7 Å². The topological polar surface area (TPSA) is 41.9 Å². The number of halogens is 2. The van der Waals surface area contributed by atoms with Crippen LogP contribution in [0, 0.1) is 19.7 Å². The van der Waals surface area contributed by atoms with Crippen LogP contribution in [0.5, 0.6) is 0 Å². The van der Waals surface area contributed by atoms with E-state index in [-0.39, 0.29) is 5.02 Å². The number of nitrogens with one attached hydrogen (secondary N) is 2. The molecule has 3 aromatic carbocycles. The van der Waals surface area contributed by atoms with Crippen molar-refractivity contribution in [1.82, 2.24) is 9.78 Å². The lowest BCUT2D eigenvalue weighted by atomic mass is 10.0. The molecule has 0 aliphatic rings. The van der Waals surface area contributed by atoms with Crippen molar-refractivity contribution in [2.75, 3.05) is 10.6 Å². The number of aromatic nitrogens is 2. The largest absolute Gasteiger partial charge is 0.332 e. The van der Waals surface area contributed by atoms with Crippen molar-refractivity contribution in [1.29, 1.82) is 0 Å². The fourth-order valence-electron chi connectivity index (χ4n) is 3.47. The van der Waals surface area contributed by atoms with Crippen molar-refractivity contribution < 1.29 is 4.39 Å². The first kappa shape index (κ1) is 20.3. The van der Waals surface area contributed by atoms with Gasteiger partial charge in [-0.3, -0.25) is 4.68 Å². The summed E-state index contributed by atoms with van der Waals surface area (Å²) in [6, 6.07) is 19.0. The van der Waals surface area contributed by atoms with Crippen LogP contribution in [0.3, 0.4) is 0 Å². The van der Waals surface area contributed by atoms with Crippen LogP contribution >= 0.6 is 23.8 Å². The van der Waals surface area contributed by atoms with E-state index in [9.17, 15) is 4.39 Å². The third-order valence-electron chi connectivity index (χ3n) is 5.00. The maximum absolute atomic E-state index is 13.3. The first-order chi connectivity index (χ1) is 14.4. The van der Waals surface area contributed by atoms with Gasteiger partial charge in [0.1, 0.15) is 5.82 Å². The monoisotopic (exact) mass is 438 g/mol. The van der Waals surface area contributed by atoms with E-state index in [2.05, 4.69) is 41.0 Å². The molecule has 4 aromatic rings. The predicted octanol–water partition coefficient (Wildman–Crippen LogP) is 6.30. The lowest BCUT2D eigenvalue weighted by Crippen LogP contribution is -2.20. The van der Waals surface area contributed by atoms with E-state index in [4.69, 9.17) is 28.9 Å². The number of thiocarbonyl (C=S) groups is 1. The van der Waals surface area contributed by atoms with E-state index >= 15 is 0 Å². The number of rotatable bonds is 4. The number of fused-ring (bicyclic) bond motifs is 1. The van der Waals surface area contributed by atoms with Crippen LogP contribution in [0.2, 0.25) is 5.02 Å². The average molecular weight is 439 g/mol. The van der Waals surface area contributed by atoms with Gasteiger partial charge in [-0.15, -0.1) is 0 Å². The number of hydrogen-bond donors (Lipinski definition) is 2. The Labute approximate surface area is 184 Å². The van der Waals surface area contributed by atoms with Crippen molar-refractivity contribution in [2.45, 2.75) is 20.4 Å². The van der Waals surface area contributed by atoms with E-state index in [1.165, 1.54) is 28.5 Å². The van der Waals surface area contributed by atoms with E-state index < -0.39 is 5.82 Å². The minimum Gasteiger partial charge on any atom is -0.332 e. The second-order valence-electron chi connectivity index (χ2n) is 7.05. The third-order valence-corrected chi connectivity index (χ3v) is 5.49. The second kappa shape index (κ2) is 8.42. The molecule has 0 fully saturated rings. The van der Waals surface area contributed by atoms with E-state index in [1.54, 1.807) is 6.07 Å². The van der Waals surface area contributed by atoms with Gasteiger partial charge in [-0.1, -0.05) is 54.1 Å². The molecule has 30 heavy (non-hydrogen) atoms. The number of aryl methyl sites for hydroxylation is 1. The highest BCUT2D eigenvalue weighted by Gasteiger charge is 2.14. The van der Waals surface area contributed by atoms with Crippen LogP contribution in [-0.2, 0) is 6.54 Å². The fourth-order valence-corrected chi connectivity index (χ4v) is 3.87. The van der Waals surface area contributed by atoms with Gasteiger partial charge in [-0.25, -0.2) is 4.39 Å². The van der Waals surface area contributed by atoms with Gasteiger partial charge in [0.05, 0.1) is 28.6 Å². The molecule has 0 atom stereocenters. The normalized spacial score (nSPS) is 10.9. The van der Waals surface area contributed by atoms with Gasteiger partial charge in [-0.05, 0) is 60.6 Å². The molecule has 4 nitrogen and oxygen atoms in total. The van der Waals surface area contributed by atoms with E-state index in [0.29, 0.717) is 17.3 Å². The fraction of sp³-hybridized carbons (Fsp3) is 0.130. The minimum atomic E-state index is -0.470. The van der Waals surface area contributed by atoms with Crippen molar-refractivity contribution >= 4 is 51.1 Å². The molecule has 0 amide bonds. The molecule has 0 aliphatic carbocycles. The summed E-state index contributed by atoms with van der Waals surface area (Å²) in [5.41, 5.74) is 4.47. The van der Waals surface area contributed by atoms with Crippen LogP contribution < -0.4 is 10.6 Å². The van der Waals surface area contributed by atoms with Crippen LogP contribution in [-0.4, -0.2) is 14.9 Å². The molecule has 4 rings (SSSR count). The molecule has 7 heteroatoms. The lowest BCUT2D eigenvalue weighted by Gasteiger charge is -2.12. The summed E-state index contributed by atoms with van der Waals surface area (Å²) in [6.07, 6.45) is 0. The summed E-state index contributed by atoms with van der Waals surface area (Å²) in [6.45, 7) is 4.60. The molecular weight excluding hydrogens is 419 g/mol. The van der Waals surface area contributed by atoms with Crippen LogP contribution in [0.15, 0.2) is 60.7 Å². The third kappa shape index (κ3) is 4.15. The first-order valence-corrected chi connectivity index (χ1v) is 10.2. The maximum atomic E-state index is 13.3. The van der Waals surface area contributed by atoms with Crippen molar-refractivity contribution in [3.05, 3.63) is 88.5 Å². The Balaban J connectivity index is 1.54. The zero-order chi connectivity index (χ0) is 21.3. The quantitative estimate of drug-likeness (QED) is 0.367. The van der Waals surface area contributed by atoms with Gasteiger partial charge in [0.2, 0.25) is 0 Å². The summed E-state index contributed by atoms with van der Waals surface area (Å²) >= 11 is 11.3. The second-order valence-corrected chi connectivity index (χ2v) is 7.87. The van der Waals surface area contributed by atoms with Gasteiger partial charge in [-0.2, -0.15) is 5.10 Å². The number of benzene rings is 3. The summed E-state index contributed by atoms with van der Waals surface area (Å²) < 4.78 is 15.3. The SMILES string of the molecule is Cc1nn(Cc2cccc3ccccc23)c(C)c1NC(=S)Nc1ccc(F)c(Cl)c1. The summed E-state index contributed by atoms with van der Waals surface area (Å²) in [5.74, 6) is -0.470. The molecule has 0 spiro atoms. The lowest BCUT2D eigenvalue weighted by molar-refractivity contribution is 0.628. The maximum Gasteiger partial charge on any atom is 0.175 e. The van der Waals surface area contributed by atoms with Crippen LogP contribution in [0.25, 0.3) is 10.8 Å². The number of nitrogens with zero attached hydrogens (tertiary/aromatic N) is 2. The Morgan fingerprint density at radius 3 is 2.63 bits per heavy atom. The molecule has 2 N–H and O–H groups in total. The Hall–Kier alpha value is -2.96. The van der Waals surface area contributed by atoms with Gasteiger partial charge < -0.3 is 10.6 Å². The average Bonchev–Trinajstić information content (AvgIpc) is 2.98. The predicted molar refractivity (Wildman–Crippen MR) is 126 cm³/mol. The Morgan fingerprint density at radius 2 is 1.83 bits per heavy atom. The Bertz CT molecular complexity index is 1250. The van der Waals surface area contributed by atoms with Gasteiger partial charge >= 0.3 is 0 Å². The van der Waals surface area contributed by atoms with E-state index in [0.717, 1.165) is 17.1 Å². The molecule has 0 unspecified atom stereocenters. The number of anilines is 2. The molecule has 0 aliphatic heterocycles.